The Morgan fingerprint density at radius 3 is 1.80 bits per heavy atom. The quantitative estimate of drug-likeness (QED) is 0.0556. The van der Waals surface area contributed by atoms with Gasteiger partial charge < -0.3 is 53.4 Å². The SMILES string of the molecule is CC[C@H](C)[C@H](N)C(=O)N[C@@H](CC(=O)O)C(=O)N[C@@H](CCC(N)=O)C(=O)N[C@@H](Cc1ccccc1)C(=O)NCC(=O)N[C@@H](CCC(=O)O)C(=O)O. The molecule has 1 rings (SSSR count). The number of rotatable bonds is 23. The molecule has 19 nitrogen and oxygen atoms in total. The van der Waals surface area contributed by atoms with Crippen LogP contribution in [0.4, 0.5) is 0 Å². The van der Waals surface area contributed by atoms with Gasteiger partial charge in [-0.25, -0.2) is 4.79 Å². The van der Waals surface area contributed by atoms with Gasteiger partial charge in [-0.05, 0) is 24.3 Å². The van der Waals surface area contributed by atoms with E-state index in [1.165, 1.54) is 0 Å². The normalized spacial score (nSPS) is 14.3. The number of primary amides is 1. The molecule has 0 unspecified atom stereocenters. The van der Waals surface area contributed by atoms with Crippen molar-refractivity contribution in [1.82, 2.24) is 26.6 Å². The first-order valence-electron chi connectivity index (χ1n) is 15.7. The van der Waals surface area contributed by atoms with Crippen LogP contribution in [-0.2, 0) is 49.6 Å². The molecule has 1 aromatic carbocycles. The molecule has 0 spiro atoms. The highest BCUT2D eigenvalue weighted by molar-refractivity contribution is 5.97. The highest BCUT2D eigenvalue weighted by Crippen LogP contribution is 2.09. The molecular weight excluding hydrogens is 662 g/mol. The number of aliphatic carboxylic acids is 3. The van der Waals surface area contributed by atoms with Gasteiger partial charge >= 0.3 is 17.9 Å². The van der Waals surface area contributed by atoms with Gasteiger partial charge in [-0.2, -0.15) is 0 Å². The van der Waals surface area contributed by atoms with Crippen LogP contribution in [0.1, 0.15) is 57.9 Å². The zero-order valence-electron chi connectivity index (χ0n) is 27.7. The lowest BCUT2D eigenvalue weighted by molar-refractivity contribution is -0.143. The fourth-order valence-corrected chi connectivity index (χ4v) is 4.38. The van der Waals surface area contributed by atoms with Crippen molar-refractivity contribution in [2.24, 2.45) is 17.4 Å². The average Bonchev–Trinajstić information content (AvgIpc) is 3.05. The Morgan fingerprint density at radius 2 is 1.26 bits per heavy atom. The van der Waals surface area contributed by atoms with E-state index in [2.05, 4.69) is 26.6 Å². The Hall–Kier alpha value is -5.59. The highest BCUT2D eigenvalue weighted by atomic mass is 16.4. The Kier molecular flexibility index (Phi) is 18.2. The lowest BCUT2D eigenvalue weighted by Gasteiger charge is -2.26. The Balaban J connectivity index is 3.21. The zero-order valence-corrected chi connectivity index (χ0v) is 27.7. The predicted octanol–water partition coefficient (Wildman–Crippen LogP) is -2.65. The molecule has 0 radical (unpaired) electrons. The molecule has 0 aliphatic heterocycles. The first kappa shape index (κ1) is 42.4. The molecule has 0 fully saturated rings. The maximum atomic E-state index is 13.5. The molecular formula is C31H45N7O12. The Bertz CT molecular complexity index is 1390. The minimum atomic E-state index is -1.67. The maximum absolute atomic E-state index is 13.5. The molecule has 0 saturated heterocycles. The number of hydrogen-bond acceptors (Lipinski definition) is 10. The van der Waals surface area contributed by atoms with Crippen LogP contribution in [0.25, 0.3) is 0 Å². The van der Waals surface area contributed by atoms with Crippen molar-refractivity contribution in [2.75, 3.05) is 6.54 Å². The molecule has 0 aromatic heterocycles. The van der Waals surface area contributed by atoms with E-state index in [9.17, 15) is 53.4 Å². The number of carboxylic acid groups (broad SMARTS) is 3. The maximum Gasteiger partial charge on any atom is 0.326 e. The highest BCUT2D eigenvalue weighted by Gasteiger charge is 2.33. The van der Waals surface area contributed by atoms with Gasteiger partial charge in [0.25, 0.3) is 0 Å². The van der Waals surface area contributed by atoms with Crippen LogP contribution in [0.15, 0.2) is 30.3 Å². The van der Waals surface area contributed by atoms with Crippen LogP contribution in [-0.4, -0.2) is 105 Å². The van der Waals surface area contributed by atoms with E-state index in [0.29, 0.717) is 12.0 Å². The number of nitrogens with two attached hydrogens (primary N) is 2. The fraction of sp³-hybridized carbons (Fsp3) is 0.516. The second-order valence-electron chi connectivity index (χ2n) is 11.5. The summed E-state index contributed by atoms with van der Waals surface area (Å²) in [6.45, 7) is 2.71. The summed E-state index contributed by atoms with van der Waals surface area (Å²) in [6, 6.07) is 1.01. The van der Waals surface area contributed by atoms with Gasteiger partial charge in [0, 0.05) is 19.3 Å². The van der Waals surface area contributed by atoms with Gasteiger partial charge in [-0.1, -0.05) is 50.6 Å². The van der Waals surface area contributed by atoms with Crippen molar-refractivity contribution in [3.05, 3.63) is 35.9 Å². The third-order valence-electron chi connectivity index (χ3n) is 7.50. The van der Waals surface area contributed by atoms with Crippen molar-refractivity contribution in [3.8, 4) is 0 Å². The van der Waals surface area contributed by atoms with Gasteiger partial charge in [0.2, 0.25) is 35.4 Å². The van der Waals surface area contributed by atoms with Gasteiger partial charge in [0.05, 0.1) is 19.0 Å². The van der Waals surface area contributed by atoms with E-state index in [-0.39, 0.29) is 18.8 Å². The number of carbonyl (C=O) groups excluding carboxylic acids is 6. The van der Waals surface area contributed by atoms with E-state index < -0.39 is 116 Å². The molecule has 1 aromatic rings. The second-order valence-corrected chi connectivity index (χ2v) is 11.5. The standard InChI is InChI=1S/C31H45N7O12/c1-3-16(2)26(33)30(48)38-21(14-25(43)44)29(47)36-18(9-11-22(32)39)28(46)37-20(13-17-7-5-4-6-8-17)27(45)34-15-23(40)35-19(31(49)50)10-12-24(41)42/h4-8,16,18-21,26H,3,9-15,33H2,1-2H3,(H2,32,39)(H,34,45)(H,35,40)(H,36,47)(H,37,46)(H,38,48)(H,41,42)(H,43,44)(H,49,50)/t16-,18-,19-,20-,21-,26-/m0/s1. The summed E-state index contributed by atoms with van der Waals surface area (Å²) in [5.41, 5.74) is 11.7. The molecule has 0 aliphatic rings. The van der Waals surface area contributed by atoms with Crippen molar-refractivity contribution >= 4 is 53.4 Å². The molecule has 0 heterocycles. The van der Waals surface area contributed by atoms with Crippen molar-refractivity contribution in [2.45, 2.75) is 89.0 Å². The topological polar surface area (TPSA) is 327 Å². The summed E-state index contributed by atoms with van der Waals surface area (Å²) in [5.74, 6) is -10.2. The van der Waals surface area contributed by atoms with E-state index in [1.54, 1.807) is 44.2 Å². The third kappa shape index (κ3) is 16.0. The number of amides is 6. The van der Waals surface area contributed by atoms with E-state index in [0.717, 1.165) is 0 Å². The largest absolute Gasteiger partial charge is 0.481 e. The Labute approximate surface area is 287 Å². The summed E-state index contributed by atoms with van der Waals surface area (Å²) in [6.07, 6.45) is -2.28. The van der Waals surface area contributed by atoms with Crippen LogP contribution in [0.3, 0.4) is 0 Å². The predicted molar refractivity (Wildman–Crippen MR) is 173 cm³/mol. The minimum absolute atomic E-state index is 0.141. The molecule has 276 valence electrons. The van der Waals surface area contributed by atoms with E-state index >= 15 is 0 Å². The molecule has 0 bridgehead atoms. The minimum Gasteiger partial charge on any atom is -0.481 e. The van der Waals surface area contributed by atoms with Crippen molar-refractivity contribution in [3.63, 3.8) is 0 Å². The van der Waals surface area contributed by atoms with E-state index in [4.69, 9.17) is 16.6 Å². The van der Waals surface area contributed by atoms with Crippen LogP contribution in [0.2, 0.25) is 0 Å². The smallest absolute Gasteiger partial charge is 0.326 e. The molecule has 6 amide bonds. The lowest BCUT2D eigenvalue weighted by Crippen LogP contribution is -2.59. The summed E-state index contributed by atoms with van der Waals surface area (Å²) in [5, 5.41) is 38.8. The summed E-state index contributed by atoms with van der Waals surface area (Å²) in [7, 11) is 0. The Morgan fingerprint density at radius 1 is 0.700 bits per heavy atom. The molecule has 12 N–H and O–H groups in total. The lowest BCUT2D eigenvalue weighted by atomic mass is 9.99. The molecule has 0 saturated carbocycles. The zero-order chi connectivity index (χ0) is 38.0. The molecule has 19 heteroatoms. The number of carbonyl (C=O) groups is 9. The molecule has 50 heavy (non-hydrogen) atoms. The first-order valence-corrected chi connectivity index (χ1v) is 15.7. The van der Waals surface area contributed by atoms with Crippen LogP contribution in [0, 0.1) is 5.92 Å². The number of benzene rings is 1. The summed E-state index contributed by atoms with van der Waals surface area (Å²) in [4.78, 5) is 110. The van der Waals surface area contributed by atoms with Gasteiger partial charge in [-0.3, -0.25) is 38.4 Å². The summed E-state index contributed by atoms with van der Waals surface area (Å²) >= 11 is 0. The first-order chi connectivity index (χ1) is 23.4. The van der Waals surface area contributed by atoms with Crippen molar-refractivity contribution < 1.29 is 58.5 Å². The van der Waals surface area contributed by atoms with Gasteiger partial charge in [-0.15, -0.1) is 0 Å². The average molecular weight is 708 g/mol. The number of nitrogens with one attached hydrogen (secondary N) is 5. The third-order valence-corrected chi connectivity index (χ3v) is 7.50. The monoisotopic (exact) mass is 707 g/mol. The number of carboxylic acids is 3. The summed E-state index contributed by atoms with van der Waals surface area (Å²) < 4.78 is 0. The molecule has 0 aliphatic carbocycles. The van der Waals surface area contributed by atoms with Crippen LogP contribution < -0.4 is 38.1 Å². The van der Waals surface area contributed by atoms with Crippen LogP contribution >= 0.6 is 0 Å². The second kappa shape index (κ2) is 21.4. The van der Waals surface area contributed by atoms with Crippen molar-refractivity contribution in [1.29, 1.82) is 0 Å². The number of hydrogen-bond donors (Lipinski definition) is 10. The molecule has 6 atom stereocenters. The van der Waals surface area contributed by atoms with Crippen LogP contribution in [0.5, 0.6) is 0 Å². The van der Waals surface area contributed by atoms with Gasteiger partial charge in [0.15, 0.2) is 0 Å². The van der Waals surface area contributed by atoms with E-state index in [1.807, 2.05) is 0 Å². The van der Waals surface area contributed by atoms with Gasteiger partial charge in [0.1, 0.15) is 24.2 Å². The fourth-order valence-electron chi connectivity index (χ4n) is 4.38.